The molecule has 98 valence electrons. The molecular weight excluding hydrogens is 266 g/mol. The van der Waals surface area contributed by atoms with Crippen molar-refractivity contribution in [3.63, 3.8) is 0 Å². The van der Waals surface area contributed by atoms with E-state index in [9.17, 15) is 0 Å². The Morgan fingerprint density at radius 3 is 1.84 bits per heavy atom. The molecule has 2 unspecified atom stereocenters. The van der Waals surface area contributed by atoms with Gasteiger partial charge >= 0.3 is 0 Å². The van der Waals surface area contributed by atoms with Crippen molar-refractivity contribution in [1.82, 2.24) is 0 Å². The average Bonchev–Trinajstić information content (AvgIpc) is 2.88. The van der Waals surface area contributed by atoms with E-state index in [4.69, 9.17) is 0 Å². The maximum absolute atomic E-state index is 2.51. The number of rotatable bonds is 3. The van der Waals surface area contributed by atoms with Gasteiger partial charge in [0.2, 0.25) is 0 Å². The first-order valence-electron chi connectivity index (χ1n) is 6.96. The van der Waals surface area contributed by atoms with E-state index in [1.165, 1.54) is 19.0 Å². The van der Waals surface area contributed by atoms with Crippen molar-refractivity contribution in [1.29, 1.82) is 0 Å². The summed E-state index contributed by atoms with van der Waals surface area (Å²) in [5.41, 5.74) is 0. The SMILES string of the molecule is CP1CCCC1P(c1ccccc1)c1ccccc1. The van der Waals surface area contributed by atoms with E-state index in [2.05, 4.69) is 67.3 Å². The van der Waals surface area contributed by atoms with Gasteiger partial charge in [-0.25, -0.2) is 0 Å². The van der Waals surface area contributed by atoms with Gasteiger partial charge in [-0.2, -0.15) is 0 Å². The second-order valence-corrected chi connectivity index (χ2v) is 10.5. The van der Waals surface area contributed by atoms with Gasteiger partial charge in [0.1, 0.15) is 0 Å². The fourth-order valence-corrected chi connectivity index (χ4v) is 9.63. The Kier molecular flexibility index (Phi) is 4.31. The van der Waals surface area contributed by atoms with Crippen molar-refractivity contribution >= 4 is 26.5 Å². The van der Waals surface area contributed by atoms with Gasteiger partial charge in [-0.3, -0.25) is 0 Å². The van der Waals surface area contributed by atoms with Crippen molar-refractivity contribution < 1.29 is 0 Å². The van der Waals surface area contributed by atoms with Gasteiger partial charge < -0.3 is 0 Å². The van der Waals surface area contributed by atoms with Gasteiger partial charge in [-0.1, -0.05) is 60.7 Å². The summed E-state index contributed by atoms with van der Waals surface area (Å²) in [6.07, 6.45) is 4.33. The van der Waals surface area contributed by atoms with Crippen molar-refractivity contribution in [2.45, 2.75) is 18.2 Å². The zero-order valence-electron chi connectivity index (χ0n) is 11.4. The number of benzene rings is 2. The molecule has 1 saturated heterocycles. The Labute approximate surface area is 118 Å². The van der Waals surface area contributed by atoms with E-state index in [-0.39, 0.29) is 15.8 Å². The van der Waals surface area contributed by atoms with E-state index < -0.39 is 0 Å². The molecule has 0 spiro atoms. The van der Waals surface area contributed by atoms with E-state index in [1.54, 1.807) is 10.6 Å². The van der Waals surface area contributed by atoms with Gasteiger partial charge in [-0.15, -0.1) is 7.92 Å². The quantitative estimate of drug-likeness (QED) is 0.736. The number of hydrogen-bond acceptors (Lipinski definition) is 0. The molecule has 1 aliphatic heterocycles. The lowest BCUT2D eigenvalue weighted by Crippen LogP contribution is -2.18. The first-order valence-corrected chi connectivity index (χ1v) is 10.4. The summed E-state index contributed by atoms with van der Waals surface area (Å²) in [5, 5.41) is 4.05. The lowest BCUT2D eigenvalue weighted by atomic mass is 10.4. The van der Waals surface area contributed by atoms with Crippen LogP contribution in [0.4, 0.5) is 0 Å². The summed E-state index contributed by atoms with van der Waals surface area (Å²) >= 11 is 0. The monoisotopic (exact) mass is 286 g/mol. The van der Waals surface area contributed by atoms with Crippen LogP contribution in [0.1, 0.15) is 12.8 Å². The highest BCUT2D eigenvalue weighted by Gasteiger charge is 2.32. The Morgan fingerprint density at radius 2 is 1.42 bits per heavy atom. The Morgan fingerprint density at radius 1 is 0.895 bits per heavy atom. The Hall–Kier alpha value is -0.700. The molecule has 2 aromatic carbocycles. The highest BCUT2D eigenvalue weighted by Crippen LogP contribution is 2.61. The van der Waals surface area contributed by atoms with Crippen molar-refractivity contribution in [2.24, 2.45) is 0 Å². The van der Waals surface area contributed by atoms with Gasteiger partial charge in [0, 0.05) is 5.40 Å². The van der Waals surface area contributed by atoms with Crippen LogP contribution in [0.15, 0.2) is 60.7 Å². The minimum atomic E-state index is -0.163. The van der Waals surface area contributed by atoms with Crippen LogP contribution >= 0.6 is 15.8 Å². The zero-order valence-corrected chi connectivity index (χ0v) is 13.2. The fourth-order valence-electron chi connectivity index (χ4n) is 2.89. The van der Waals surface area contributed by atoms with Crippen molar-refractivity contribution in [3.8, 4) is 0 Å². The van der Waals surface area contributed by atoms with Crippen LogP contribution in [0, 0.1) is 0 Å². The predicted octanol–water partition coefficient (Wildman–Crippen LogP) is 4.35. The minimum Gasteiger partial charge on any atom is -0.102 e. The molecule has 0 saturated carbocycles. The Bertz CT molecular complexity index is 470. The van der Waals surface area contributed by atoms with Crippen LogP contribution in [0.2, 0.25) is 0 Å². The molecule has 0 N–H and O–H groups in total. The standard InChI is InChI=1S/C17H20P2/c1-18-14-8-13-17(18)19(15-9-4-2-5-10-15)16-11-6-3-7-12-16/h2-7,9-12,17H,8,13-14H2,1H3. The summed E-state index contributed by atoms with van der Waals surface area (Å²) in [6.45, 7) is 2.51. The third-order valence-electron chi connectivity index (χ3n) is 3.85. The molecule has 0 aliphatic carbocycles. The smallest absolute Gasteiger partial charge is 0.00720 e. The zero-order chi connectivity index (χ0) is 13.1. The molecule has 0 nitrogen and oxygen atoms in total. The first kappa shape index (κ1) is 13.3. The maximum atomic E-state index is 2.51. The molecule has 19 heavy (non-hydrogen) atoms. The summed E-state index contributed by atoms with van der Waals surface area (Å²) in [6, 6.07) is 22.4. The summed E-state index contributed by atoms with van der Waals surface area (Å²) in [5.74, 6) is 0. The molecule has 1 heterocycles. The van der Waals surface area contributed by atoms with Gasteiger partial charge in [0.15, 0.2) is 0 Å². The van der Waals surface area contributed by atoms with Crippen LogP contribution in [0.3, 0.4) is 0 Å². The highest BCUT2D eigenvalue weighted by molar-refractivity contribution is 7.84. The van der Waals surface area contributed by atoms with Crippen LogP contribution in [0.25, 0.3) is 0 Å². The summed E-state index contributed by atoms with van der Waals surface area (Å²) in [7, 11) is 0.0512. The normalized spacial score (nSPS) is 22.8. The van der Waals surface area contributed by atoms with E-state index in [0.717, 1.165) is 5.40 Å². The van der Waals surface area contributed by atoms with Gasteiger partial charge in [0.25, 0.3) is 0 Å². The van der Waals surface area contributed by atoms with Crippen LogP contribution < -0.4 is 10.6 Å². The van der Waals surface area contributed by atoms with Crippen molar-refractivity contribution in [3.05, 3.63) is 60.7 Å². The molecule has 0 radical (unpaired) electrons. The fraction of sp³-hybridized carbons (Fsp3) is 0.294. The lowest BCUT2D eigenvalue weighted by Gasteiger charge is -2.28. The van der Waals surface area contributed by atoms with Crippen molar-refractivity contribution in [2.75, 3.05) is 12.8 Å². The summed E-state index contributed by atoms with van der Waals surface area (Å²) in [4.78, 5) is 0. The van der Waals surface area contributed by atoms with E-state index >= 15 is 0 Å². The van der Waals surface area contributed by atoms with Crippen LogP contribution in [-0.2, 0) is 0 Å². The molecule has 2 aromatic rings. The second-order valence-electron chi connectivity index (χ2n) is 5.14. The minimum absolute atomic E-state index is 0.163. The van der Waals surface area contributed by atoms with E-state index in [1.807, 2.05) is 0 Å². The molecule has 2 heteroatoms. The molecule has 3 rings (SSSR count). The lowest BCUT2D eigenvalue weighted by molar-refractivity contribution is 0.920. The topological polar surface area (TPSA) is 0 Å². The van der Waals surface area contributed by atoms with Crippen LogP contribution in [-0.4, -0.2) is 18.2 Å². The predicted molar refractivity (Wildman–Crippen MR) is 89.8 cm³/mol. The second kappa shape index (κ2) is 6.17. The van der Waals surface area contributed by atoms with E-state index in [0.29, 0.717) is 0 Å². The Balaban J connectivity index is 2.01. The van der Waals surface area contributed by atoms with Gasteiger partial charge in [-0.05, 0) is 44.2 Å². The molecule has 2 atom stereocenters. The van der Waals surface area contributed by atoms with Gasteiger partial charge in [0.05, 0.1) is 0 Å². The first-order chi connectivity index (χ1) is 9.36. The van der Waals surface area contributed by atoms with Crippen LogP contribution in [0.5, 0.6) is 0 Å². The molecule has 0 amide bonds. The average molecular weight is 286 g/mol. The molecule has 1 aliphatic rings. The molecule has 0 aromatic heterocycles. The molecule has 0 bridgehead atoms. The molecule has 1 fully saturated rings. The number of hydrogen-bond donors (Lipinski definition) is 0. The third kappa shape index (κ3) is 2.91. The summed E-state index contributed by atoms with van der Waals surface area (Å²) < 4.78 is 0. The molecular formula is C17H20P2. The third-order valence-corrected chi connectivity index (χ3v) is 10.6. The maximum Gasteiger partial charge on any atom is 0.00720 e. The largest absolute Gasteiger partial charge is 0.102 e. The highest BCUT2D eigenvalue weighted by atomic mass is 31.2.